The van der Waals surface area contributed by atoms with Gasteiger partial charge >= 0.3 is 0 Å². The zero-order chi connectivity index (χ0) is 18.3. The topological polar surface area (TPSA) is 67.6 Å². The number of nitrogens with zero attached hydrogens (tertiary/aromatic N) is 1. The number of hydrogen-bond donors (Lipinski definition) is 2. The molecule has 1 aromatic carbocycles. The van der Waals surface area contributed by atoms with Crippen LogP contribution < -0.4 is 15.8 Å². The summed E-state index contributed by atoms with van der Waals surface area (Å²) >= 11 is 0. The largest absolute Gasteiger partial charge is 0.497 e. The van der Waals surface area contributed by atoms with Crippen LogP contribution in [0.4, 0.5) is 0 Å². The fourth-order valence-electron chi connectivity index (χ4n) is 3.75. The molecule has 7 heteroatoms. The first-order chi connectivity index (χ1) is 12.0. The molecular weight excluding hydrogens is 385 g/mol. The van der Waals surface area contributed by atoms with E-state index in [9.17, 15) is 4.79 Å². The first-order valence-electron chi connectivity index (χ1n) is 9.49. The molecule has 0 aliphatic heterocycles. The Kier molecular flexibility index (Phi) is 12.0. The van der Waals surface area contributed by atoms with Gasteiger partial charge in [-0.3, -0.25) is 9.69 Å². The second-order valence-electron chi connectivity index (χ2n) is 6.94. The quantitative estimate of drug-likeness (QED) is 0.673. The molecule has 1 unspecified atom stereocenters. The second-order valence-corrected chi connectivity index (χ2v) is 6.94. The highest BCUT2D eigenvalue weighted by atomic mass is 35.5. The number of nitrogens with one attached hydrogen (secondary N) is 1. The molecule has 0 saturated heterocycles. The molecule has 156 valence electrons. The van der Waals surface area contributed by atoms with Crippen LogP contribution in [0.1, 0.15) is 57.6 Å². The summed E-state index contributed by atoms with van der Waals surface area (Å²) in [5.74, 6) is 0.829. The van der Waals surface area contributed by atoms with Crippen LogP contribution in [0.3, 0.4) is 0 Å². The molecule has 1 aromatic rings. The molecule has 1 fully saturated rings. The number of halogens is 2. The van der Waals surface area contributed by atoms with Gasteiger partial charge in [0.05, 0.1) is 18.7 Å². The number of hydrogen-bond acceptors (Lipinski definition) is 4. The average molecular weight is 420 g/mol. The summed E-state index contributed by atoms with van der Waals surface area (Å²) in [5, 5.41) is 3.13. The van der Waals surface area contributed by atoms with Gasteiger partial charge in [-0.05, 0) is 43.6 Å². The smallest absolute Gasteiger partial charge is 0.240 e. The van der Waals surface area contributed by atoms with Gasteiger partial charge in [0.2, 0.25) is 5.91 Å². The van der Waals surface area contributed by atoms with Crippen LogP contribution >= 0.6 is 24.8 Å². The molecule has 0 radical (unpaired) electrons. The van der Waals surface area contributed by atoms with Crippen LogP contribution in [0.25, 0.3) is 0 Å². The number of rotatable bonds is 8. The lowest BCUT2D eigenvalue weighted by Crippen LogP contribution is -2.56. The highest BCUT2D eigenvalue weighted by Crippen LogP contribution is 2.27. The van der Waals surface area contributed by atoms with E-state index in [-0.39, 0.29) is 36.8 Å². The van der Waals surface area contributed by atoms with E-state index in [4.69, 9.17) is 10.5 Å². The van der Waals surface area contributed by atoms with Gasteiger partial charge in [-0.2, -0.15) is 0 Å². The molecule has 0 bridgehead atoms. The van der Waals surface area contributed by atoms with E-state index in [0.717, 1.165) is 50.1 Å². The summed E-state index contributed by atoms with van der Waals surface area (Å²) in [6, 6.07) is 8.20. The summed E-state index contributed by atoms with van der Waals surface area (Å²) in [4.78, 5) is 15.0. The van der Waals surface area contributed by atoms with E-state index >= 15 is 0 Å². The third-order valence-corrected chi connectivity index (χ3v) is 5.39. The molecule has 1 aliphatic carbocycles. The number of ether oxygens (including phenoxy) is 1. The molecule has 2 rings (SSSR count). The maximum atomic E-state index is 12.7. The van der Waals surface area contributed by atoms with Crippen molar-refractivity contribution < 1.29 is 9.53 Å². The van der Waals surface area contributed by atoms with Crippen molar-refractivity contribution in [3.63, 3.8) is 0 Å². The lowest BCUT2D eigenvalue weighted by atomic mass is 9.82. The fraction of sp³-hybridized carbons (Fsp3) is 0.650. The lowest BCUT2D eigenvalue weighted by molar-refractivity contribution is -0.127. The Morgan fingerprint density at radius 2 is 1.85 bits per heavy atom. The maximum absolute atomic E-state index is 12.7. The normalized spacial score (nSPS) is 16.6. The number of likely N-dealkylation sites (N-methyl/N-ethyl adjacent to an activating group) is 1. The Labute approximate surface area is 176 Å². The standard InChI is InChI=1S/C20H33N3O2.2ClH/c1-4-23(5-2)18(16-10-9-11-17(14-16)25-3)15-22-19(24)20(21)12-7-6-8-13-20;;/h9-11,14,18H,4-8,12-13,15,21H2,1-3H3,(H,22,24);2*1H. The van der Waals surface area contributed by atoms with Crippen molar-refractivity contribution in [3.8, 4) is 5.75 Å². The van der Waals surface area contributed by atoms with Crippen LogP contribution in [0, 0.1) is 0 Å². The van der Waals surface area contributed by atoms with Gasteiger partial charge in [-0.1, -0.05) is 45.2 Å². The Morgan fingerprint density at radius 1 is 1.22 bits per heavy atom. The number of nitrogens with two attached hydrogens (primary N) is 1. The monoisotopic (exact) mass is 419 g/mol. The number of amides is 1. The Balaban J connectivity index is 0.00000338. The van der Waals surface area contributed by atoms with Gasteiger partial charge in [0.1, 0.15) is 5.75 Å². The van der Waals surface area contributed by atoms with E-state index in [2.05, 4.69) is 30.1 Å². The molecule has 1 saturated carbocycles. The molecule has 0 aromatic heterocycles. The van der Waals surface area contributed by atoms with Crippen LogP contribution in [0.5, 0.6) is 5.75 Å². The van der Waals surface area contributed by atoms with E-state index in [1.54, 1.807) is 7.11 Å². The van der Waals surface area contributed by atoms with Crippen LogP contribution in [-0.2, 0) is 4.79 Å². The van der Waals surface area contributed by atoms with Gasteiger partial charge in [0, 0.05) is 6.54 Å². The lowest BCUT2D eigenvalue weighted by Gasteiger charge is -2.34. The first-order valence-corrected chi connectivity index (χ1v) is 9.49. The molecule has 0 spiro atoms. The average Bonchev–Trinajstić information content (AvgIpc) is 2.65. The molecule has 0 heterocycles. The fourth-order valence-corrected chi connectivity index (χ4v) is 3.75. The van der Waals surface area contributed by atoms with Gasteiger partial charge in [-0.25, -0.2) is 0 Å². The van der Waals surface area contributed by atoms with Crippen molar-refractivity contribution in [1.29, 1.82) is 0 Å². The van der Waals surface area contributed by atoms with Crippen molar-refractivity contribution in [2.45, 2.75) is 57.5 Å². The molecule has 5 nitrogen and oxygen atoms in total. The third kappa shape index (κ3) is 6.83. The zero-order valence-corrected chi connectivity index (χ0v) is 18.3. The highest BCUT2D eigenvalue weighted by Gasteiger charge is 2.35. The Morgan fingerprint density at radius 3 is 2.41 bits per heavy atom. The maximum Gasteiger partial charge on any atom is 0.240 e. The van der Waals surface area contributed by atoms with E-state index in [1.165, 1.54) is 6.42 Å². The van der Waals surface area contributed by atoms with Crippen molar-refractivity contribution in [2.24, 2.45) is 5.73 Å². The number of carbonyl (C=O) groups excluding carboxylic acids is 1. The molecule has 1 amide bonds. The first kappa shape index (κ1) is 26.0. The Hall–Kier alpha value is -1.01. The molecular formula is C20H35Cl2N3O2. The zero-order valence-electron chi connectivity index (χ0n) is 16.7. The molecule has 1 atom stereocenters. The van der Waals surface area contributed by atoms with Gasteiger partial charge in [0.15, 0.2) is 0 Å². The summed E-state index contributed by atoms with van der Waals surface area (Å²) in [7, 11) is 1.68. The summed E-state index contributed by atoms with van der Waals surface area (Å²) < 4.78 is 5.36. The minimum atomic E-state index is -0.694. The molecule has 3 N–H and O–H groups in total. The molecule has 1 aliphatic rings. The SMILES string of the molecule is CCN(CC)C(CNC(=O)C1(N)CCCCC1)c1cccc(OC)c1.Cl.Cl. The van der Waals surface area contributed by atoms with E-state index in [0.29, 0.717) is 6.54 Å². The minimum absolute atomic E-state index is 0. The Bertz CT molecular complexity index is 562. The van der Waals surface area contributed by atoms with Gasteiger partial charge in [-0.15, -0.1) is 24.8 Å². The van der Waals surface area contributed by atoms with Crippen molar-refractivity contribution in [2.75, 3.05) is 26.7 Å². The van der Waals surface area contributed by atoms with Crippen LogP contribution in [0.15, 0.2) is 24.3 Å². The van der Waals surface area contributed by atoms with Crippen LogP contribution in [0.2, 0.25) is 0 Å². The van der Waals surface area contributed by atoms with Crippen molar-refractivity contribution in [3.05, 3.63) is 29.8 Å². The summed E-state index contributed by atoms with van der Waals surface area (Å²) in [5.41, 5.74) is 6.83. The second kappa shape index (κ2) is 12.4. The van der Waals surface area contributed by atoms with Gasteiger partial charge < -0.3 is 15.8 Å². The third-order valence-electron chi connectivity index (χ3n) is 5.39. The van der Waals surface area contributed by atoms with E-state index < -0.39 is 5.54 Å². The van der Waals surface area contributed by atoms with Crippen molar-refractivity contribution in [1.82, 2.24) is 10.2 Å². The van der Waals surface area contributed by atoms with Crippen LogP contribution in [-0.4, -0.2) is 43.1 Å². The molecule has 27 heavy (non-hydrogen) atoms. The van der Waals surface area contributed by atoms with Gasteiger partial charge in [0.25, 0.3) is 0 Å². The highest BCUT2D eigenvalue weighted by molar-refractivity contribution is 5.86. The predicted molar refractivity (Wildman–Crippen MR) is 116 cm³/mol. The van der Waals surface area contributed by atoms with Crippen molar-refractivity contribution >= 4 is 30.7 Å². The number of benzene rings is 1. The summed E-state index contributed by atoms with van der Waals surface area (Å²) in [6.07, 6.45) is 4.83. The minimum Gasteiger partial charge on any atom is -0.497 e. The number of methoxy groups -OCH3 is 1. The summed E-state index contributed by atoms with van der Waals surface area (Å²) in [6.45, 7) is 6.69. The predicted octanol–water partition coefficient (Wildman–Crippen LogP) is 3.70. The van der Waals surface area contributed by atoms with E-state index in [1.807, 2.05) is 18.2 Å². The number of carbonyl (C=O) groups is 1.